The molecule has 1 N–H and O–H groups in total. The first-order valence-corrected chi connectivity index (χ1v) is 6.30. The molecule has 0 bridgehead atoms. The molecule has 2 aromatic rings. The minimum atomic E-state index is -0.510. The number of carbonyl (C=O) groups is 2. The number of fused-ring (bicyclic) bond motifs is 1. The Labute approximate surface area is 103 Å². The maximum Gasteiger partial charge on any atom is 0.287 e. The van der Waals surface area contributed by atoms with Crippen molar-refractivity contribution in [2.75, 3.05) is 6.54 Å². The van der Waals surface area contributed by atoms with Crippen LogP contribution < -0.4 is 5.32 Å². The van der Waals surface area contributed by atoms with Gasteiger partial charge in [-0.1, -0.05) is 18.2 Å². The van der Waals surface area contributed by atoms with E-state index in [0.717, 1.165) is 6.42 Å². The minimum Gasteiger partial charge on any atom is -0.349 e. The first-order chi connectivity index (χ1) is 8.18. The van der Waals surface area contributed by atoms with E-state index in [0.29, 0.717) is 6.54 Å². The van der Waals surface area contributed by atoms with E-state index in [1.165, 1.54) is 22.6 Å². The van der Waals surface area contributed by atoms with E-state index < -0.39 is 11.7 Å². The van der Waals surface area contributed by atoms with Crippen molar-refractivity contribution in [1.82, 2.24) is 5.32 Å². The maximum atomic E-state index is 11.1. The lowest BCUT2D eigenvalue weighted by Crippen LogP contribution is -2.30. The van der Waals surface area contributed by atoms with Gasteiger partial charge in [0.1, 0.15) is 0 Å². The summed E-state index contributed by atoms with van der Waals surface area (Å²) in [6.45, 7) is 1.77. The van der Waals surface area contributed by atoms with Crippen LogP contribution in [0.2, 0.25) is 0 Å². The van der Waals surface area contributed by atoms with E-state index in [1.807, 2.05) is 12.1 Å². The van der Waals surface area contributed by atoms with Crippen LogP contribution >= 0.6 is 11.3 Å². The highest BCUT2D eigenvalue weighted by atomic mass is 32.1. The fraction of sp³-hybridized carbons (Fsp3) is 0.231. The molecule has 17 heavy (non-hydrogen) atoms. The van der Waals surface area contributed by atoms with Gasteiger partial charge in [-0.2, -0.15) is 0 Å². The molecule has 0 saturated carbocycles. The number of hydrogen-bond acceptors (Lipinski definition) is 3. The lowest BCUT2D eigenvalue weighted by molar-refractivity contribution is -0.136. The molecule has 1 heterocycles. The van der Waals surface area contributed by atoms with Crippen molar-refractivity contribution in [1.29, 1.82) is 0 Å². The highest BCUT2D eigenvalue weighted by Crippen LogP contribution is 2.25. The summed E-state index contributed by atoms with van der Waals surface area (Å²) < 4.78 is 1.25. The van der Waals surface area contributed by atoms with Gasteiger partial charge in [-0.25, -0.2) is 0 Å². The van der Waals surface area contributed by atoms with Crippen molar-refractivity contribution in [3.63, 3.8) is 0 Å². The average Bonchev–Trinajstić information content (AvgIpc) is 2.72. The molecular formula is C13H13NO2S. The summed E-state index contributed by atoms with van der Waals surface area (Å²) in [6, 6.07) is 8.18. The minimum absolute atomic E-state index is 0.444. The normalized spacial score (nSPS) is 10.4. The summed E-state index contributed by atoms with van der Waals surface area (Å²) in [4.78, 5) is 21.8. The Kier molecular flexibility index (Phi) is 3.54. The van der Waals surface area contributed by atoms with E-state index in [9.17, 15) is 9.59 Å². The number of rotatable bonds is 4. The lowest BCUT2D eigenvalue weighted by Gasteiger charge is -2.01. The van der Waals surface area contributed by atoms with Gasteiger partial charge < -0.3 is 5.32 Å². The summed E-state index contributed by atoms with van der Waals surface area (Å²) in [5, 5.41) is 5.93. The van der Waals surface area contributed by atoms with Crippen LogP contribution in [0, 0.1) is 0 Å². The predicted molar refractivity (Wildman–Crippen MR) is 69.2 cm³/mol. The number of Topliss-reactive ketones (excluding diaryl/α,β-unsaturated/α-hetero) is 1. The Bertz CT molecular complexity index is 559. The fourth-order valence-electron chi connectivity index (χ4n) is 1.66. The van der Waals surface area contributed by atoms with Crippen LogP contribution in [0.1, 0.15) is 12.5 Å². The highest BCUT2D eigenvalue weighted by molar-refractivity contribution is 7.17. The molecule has 0 aliphatic heterocycles. The molecule has 4 heteroatoms. The molecule has 1 aromatic carbocycles. The number of amides is 1. The van der Waals surface area contributed by atoms with Gasteiger partial charge >= 0.3 is 0 Å². The maximum absolute atomic E-state index is 11.1. The number of nitrogens with one attached hydrogen (secondary N) is 1. The smallest absolute Gasteiger partial charge is 0.287 e. The predicted octanol–water partition coefficient (Wildman–Crippen LogP) is 2.15. The molecule has 2 rings (SSSR count). The summed E-state index contributed by atoms with van der Waals surface area (Å²) in [5.74, 6) is -0.954. The standard InChI is InChI=1S/C13H13NO2S/c1-9(15)13(16)14-7-6-10-8-17-12-5-3-2-4-11(10)12/h2-5,8H,6-7H2,1H3,(H,14,16). The molecule has 0 spiro atoms. The zero-order valence-corrected chi connectivity index (χ0v) is 10.3. The third-order valence-corrected chi connectivity index (χ3v) is 3.57. The van der Waals surface area contributed by atoms with Crippen LogP contribution in [0.3, 0.4) is 0 Å². The van der Waals surface area contributed by atoms with Gasteiger partial charge in [0, 0.05) is 18.2 Å². The van der Waals surface area contributed by atoms with Crippen molar-refractivity contribution in [2.45, 2.75) is 13.3 Å². The molecule has 1 aromatic heterocycles. The molecule has 88 valence electrons. The van der Waals surface area contributed by atoms with Gasteiger partial charge in [0.15, 0.2) is 0 Å². The number of ketones is 1. The molecule has 3 nitrogen and oxygen atoms in total. The number of hydrogen-bond donors (Lipinski definition) is 1. The highest BCUT2D eigenvalue weighted by Gasteiger charge is 2.07. The van der Waals surface area contributed by atoms with Crippen molar-refractivity contribution >= 4 is 33.1 Å². The van der Waals surface area contributed by atoms with E-state index in [-0.39, 0.29) is 0 Å². The number of benzene rings is 1. The van der Waals surface area contributed by atoms with Crippen LogP contribution in [0.4, 0.5) is 0 Å². The molecule has 1 amide bonds. The van der Waals surface area contributed by atoms with E-state index >= 15 is 0 Å². The van der Waals surface area contributed by atoms with Crippen LogP contribution in [0.15, 0.2) is 29.6 Å². The van der Waals surface area contributed by atoms with Crippen molar-refractivity contribution < 1.29 is 9.59 Å². The Morgan fingerprint density at radius 3 is 2.82 bits per heavy atom. The van der Waals surface area contributed by atoms with Crippen molar-refractivity contribution in [3.8, 4) is 0 Å². The molecular weight excluding hydrogens is 234 g/mol. The largest absolute Gasteiger partial charge is 0.349 e. The van der Waals surface area contributed by atoms with E-state index in [1.54, 1.807) is 11.3 Å². The molecule has 0 aliphatic carbocycles. The zero-order chi connectivity index (χ0) is 12.3. The van der Waals surface area contributed by atoms with Gasteiger partial charge in [0.25, 0.3) is 5.91 Å². The van der Waals surface area contributed by atoms with Gasteiger partial charge in [-0.05, 0) is 28.8 Å². The van der Waals surface area contributed by atoms with Gasteiger partial charge in [-0.15, -0.1) is 11.3 Å². The average molecular weight is 247 g/mol. The second-order valence-corrected chi connectivity index (χ2v) is 4.73. The lowest BCUT2D eigenvalue weighted by atomic mass is 10.1. The Balaban J connectivity index is 2.00. The van der Waals surface area contributed by atoms with Crippen LogP contribution in [-0.2, 0) is 16.0 Å². The Hall–Kier alpha value is -1.68. The third-order valence-electron chi connectivity index (χ3n) is 2.56. The van der Waals surface area contributed by atoms with E-state index in [4.69, 9.17) is 0 Å². The second-order valence-electron chi connectivity index (χ2n) is 3.82. The molecule has 0 atom stereocenters. The van der Waals surface area contributed by atoms with Crippen LogP contribution in [0.5, 0.6) is 0 Å². The monoisotopic (exact) mass is 247 g/mol. The number of carbonyl (C=O) groups excluding carboxylic acids is 2. The molecule has 0 fully saturated rings. The first-order valence-electron chi connectivity index (χ1n) is 5.42. The SMILES string of the molecule is CC(=O)C(=O)NCCc1csc2ccccc12. The molecule has 0 radical (unpaired) electrons. The quantitative estimate of drug-likeness (QED) is 0.841. The van der Waals surface area contributed by atoms with Crippen LogP contribution in [0.25, 0.3) is 10.1 Å². The zero-order valence-electron chi connectivity index (χ0n) is 9.53. The third kappa shape index (κ3) is 2.71. The second kappa shape index (κ2) is 5.10. The van der Waals surface area contributed by atoms with Gasteiger partial charge in [-0.3, -0.25) is 9.59 Å². The molecule has 0 unspecified atom stereocenters. The fourth-order valence-corrected chi connectivity index (χ4v) is 2.66. The van der Waals surface area contributed by atoms with E-state index in [2.05, 4.69) is 22.8 Å². The Morgan fingerprint density at radius 1 is 1.29 bits per heavy atom. The number of thiophene rings is 1. The summed E-state index contributed by atoms with van der Waals surface area (Å²) in [5.41, 5.74) is 1.22. The van der Waals surface area contributed by atoms with Gasteiger partial charge in [0.2, 0.25) is 5.78 Å². The summed E-state index contributed by atoms with van der Waals surface area (Å²) >= 11 is 1.70. The molecule has 0 saturated heterocycles. The van der Waals surface area contributed by atoms with Crippen molar-refractivity contribution in [3.05, 3.63) is 35.2 Å². The van der Waals surface area contributed by atoms with Gasteiger partial charge in [0.05, 0.1) is 0 Å². The summed E-state index contributed by atoms with van der Waals surface area (Å²) in [7, 11) is 0. The van der Waals surface area contributed by atoms with Crippen molar-refractivity contribution in [2.24, 2.45) is 0 Å². The Morgan fingerprint density at radius 2 is 2.06 bits per heavy atom. The summed E-state index contributed by atoms with van der Waals surface area (Å²) in [6.07, 6.45) is 0.753. The molecule has 0 aliphatic rings. The topological polar surface area (TPSA) is 46.2 Å². The van der Waals surface area contributed by atoms with Crippen LogP contribution in [-0.4, -0.2) is 18.2 Å². The first kappa shape index (κ1) is 11.8.